The Morgan fingerprint density at radius 2 is 2.28 bits per heavy atom. The molecule has 2 heterocycles. The molecule has 7 nitrogen and oxygen atoms in total. The maximum atomic E-state index is 11.8. The molecule has 7 heteroatoms. The second-order valence-corrected chi connectivity index (χ2v) is 4.30. The molecule has 18 heavy (non-hydrogen) atoms. The zero-order chi connectivity index (χ0) is 12.8. The highest BCUT2D eigenvalue weighted by Crippen LogP contribution is 2.01. The lowest BCUT2D eigenvalue weighted by atomic mass is 10.3. The number of morpholine rings is 1. The second-order valence-electron chi connectivity index (χ2n) is 4.30. The molecule has 0 radical (unpaired) electrons. The summed E-state index contributed by atoms with van der Waals surface area (Å²) in [6, 6.07) is -0.322. The maximum absolute atomic E-state index is 11.8. The molecule has 100 valence electrons. The number of rotatable bonds is 5. The highest BCUT2D eigenvalue weighted by molar-refractivity contribution is 5.79. The van der Waals surface area contributed by atoms with Crippen molar-refractivity contribution in [2.45, 2.75) is 13.0 Å². The molecule has 0 aliphatic carbocycles. The first-order chi connectivity index (χ1) is 8.77. The number of ether oxygens (including phenoxy) is 1. The molecular weight excluding hydrogens is 234 g/mol. The van der Waals surface area contributed by atoms with Crippen LogP contribution in [0, 0.1) is 0 Å². The van der Waals surface area contributed by atoms with Gasteiger partial charge in [-0.05, 0) is 6.92 Å². The first-order valence-electron chi connectivity index (χ1n) is 6.19. The Morgan fingerprint density at radius 1 is 1.50 bits per heavy atom. The summed E-state index contributed by atoms with van der Waals surface area (Å²) in [4.78, 5) is 18.0. The van der Waals surface area contributed by atoms with Crippen LogP contribution >= 0.6 is 0 Å². The number of nitrogens with zero attached hydrogens (tertiary/aromatic N) is 4. The number of hydrogen-bond acceptors (Lipinski definition) is 5. The first kappa shape index (κ1) is 13.0. The van der Waals surface area contributed by atoms with Crippen molar-refractivity contribution in [2.24, 2.45) is 0 Å². The van der Waals surface area contributed by atoms with E-state index in [1.165, 1.54) is 6.33 Å². The molecule has 1 atom stereocenters. The Labute approximate surface area is 106 Å². The topological polar surface area (TPSA) is 72.3 Å². The molecule has 1 aromatic heterocycles. The van der Waals surface area contributed by atoms with Crippen LogP contribution in [0.2, 0.25) is 0 Å². The van der Waals surface area contributed by atoms with Gasteiger partial charge in [0.1, 0.15) is 18.7 Å². The average molecular weight is 253 g/mol. The van der Waals surface area contributed by atoms with Gasteiger partial charge in [0.15, 0.2) is 0 Å². The molecule has 1 amide bonds. The molecular formula is C11H19N5O2. The van der Waals surface area contributed by atoms with Crippen molar-refractivity contribution in [3.8, 4) is 0 Å². The van der Waals surface area contributed by atoms with E-state index in [4.69, 9.17) is 4.74 Å². The standard InChI is InChI=1S/C11H19N5O2/c1-10(16-9-12-8-14-16)11(17)13-2-3-15-4-6-18-7-5-15/h8-10H,2-7H2,1H3,(H,13,17)/t10-/m1/s1. The summed E-state index contributed by atoms with van der Waals surface area (Å²) >= 11 is 0. The van der Waals surface area contributed by atoms with Crippen molar-refractivity contribution in [1.29, 1.82) is 0 Å². The minimum atomic E-state index is -0.322. The van der Waals surface area contributed by atoms with Gasteiger partial charge >= 0.3 is 0 Å². The van der Waals surface area contributed by atoms with E-state index in [2.05, 4.69) is 20.3 Å². The van der Waals surface area contributed by atoms with Crippen molar-refractivity contribution in [3.63, 3.8) is 0 Å². The van der Waals surface area contributed by atoms with E-state index >= 15 is 0 Å². The van der Waals surface area contributed by atoms with Gasteiger partial charge in [-0.2, -0.15) is 5.10 Å². The fraction of sp³-hybridized carbons (Fsp3) is 0.727. The lowest BCUT2D eigenvalue weighted by Gasteiger charge is -2.26. The van der Waals surface area contributed by atoms with Gasteiger partial charge in [-0.25, -0.2) is 9.67 Å². The lowest BCUT2D eigenvalue weighted by molar-refractivity contribution is -0.124. The van der Waals surface area contributed by atoms with Crippen LogP contribution in [0.1, 0.15) is 13.0 Å². The van der Waals surface area contributed by atoms with Gasteiger partial charge in [-0.1, -0.05) is 0 Å². The van der Waals surface area contributed by atoms with Crippen molar-refractivity contribution in [3.05, 3.63) is 12.7 Å². The summed E-state index contributed by atoms with van der Waals surface area (Å²) in [7, 11) is 0. The van der Waals surface area contributed by atoms with Crippen LogP contribution in [0.3, 0.4) is 0 Å². The zero-order valence-corrected chi connectivity index (χ0v) is 10.6. The highest BCUT2D eigenvalue weighted by atomic mass is 16.5. The second kappa shape index (κ2) is 6.46. The van der Waals surface area contributed by atoms with Gasteiger partial charge in [0.05, 0.1) is 13.2 Å². The number of hydrogen-bond donors (Lipinski definition) is 1. The monoisotopic (exact) mass is 253 g/mol. The van der Waals surface area contributed by atoms with E-state index in [0.717, 1.165) is 32.8 Å². The fourth-order valence-electron chi connectivity index (χ4n) is 1.85. The Morgan fingerprint density at radius 3 is 2.94 bits per heavy atom. The van der Waals surface area contributed by atoms with Crippen LogP contribution in [-0.4, -0.2) is 65.0 Å². The quantitative estimate of drug-likeness (QED) is 0.750. The molecule has 1 saturated heterocycles. The summed E-state index contributed by atoms with van der Waals surface area (Å²) in [5, 5.41) is 6.86. The van der Waals surface area contributed by atoms with Gasteiger partial charge in [-0.3, -0.25) is 9.69 Å². The largest absolute Gasteiger partial charge is 0.379 e. The number of carbonyl (C=O) groups excluding carboxylic acids is 1. The predicted octanol–water partition coefficient (Wildman–Crippen LogP) is -0.712. The molecule has 0 saturated carbocycles. The van der Waals surface area contributed by atoms with Crippen molar-refractivity contribution < 1.29 is 9.53 Å². The molecule has 0 spiro atoms. The van der Waals surface area contributed by atoms with Crippen molar-refractivity contribution >= 4 is 5.91 Å². The van der Waals surface area contributed by atoms with Crippen LogP contribution < -0.4 is 5.32 Å². The van der Waals surface area contributed by atoms with Gasteiger partial charge in [-0.15, -0.1) is 0 Å². The Balaban J connectivity index is 1.68. The molecule has 1 aliphatic heterocycles. The molecule has 0 unspecified atom stereocenters. The summed E-state index contributed by atoms with van der Waals surface area (Å²) in [6.45, 7) is 6.76. The third-order valence-electron chi connectivity index (χ3n) is 3.04. The van der Waals surface area contributed by atoms with Crippen LogP contribution in [0.15, 0.2) is 12.7 Å². The molecule has 1 aromatic rings. The normalized spacial score (nSPS) is 18.5. The maximum Gasteiger partial charge on any atom is 0.244 e. The third-order valence-corrected chi connectivity index (χ3v) is 3.04. The van der Waals surface area contributed by atoms with Crippen LogP contribution in [0.25, 0.3) is 0 Å². The van der Waals surface area contributed by atoms with Gasteiger partial charge in [0.25, 0.3) is 0 Å². The van der Waals surface area contributed by atoms with Gasteiger partial charge in [0.2, 0.25) is 5.91 Å². The summed E-state index contributed by atoms with van der Waals surface area (Å²) < 4.78 is 6.81. The van der Waals surface area contributed by atoms with E-state index in [0.29, 0.717) is 6.54 Å². The minimum Gasteiger partial charge on any atom is -0.379 e. The summed E-state index contributed by atoms with van der Waals surface area (Å²) in [5.74, 6) is -0.0336. The smallest absolute Gasteiger partial charge is 0.244 e. The molecule has 1 fully saturated rings. The van der Waals surface area contributed by atoms with Crippen LogP contribution in [0.5, 0.6) is 0 Å². The van der Waals surface area contributed by atoms with Crippen molar-refractivity contribution in [1.82, 2.24) is 25.0 Å². The number of amides is 1. The molecule has 1 N–H and O–H groups in total. The lowest BCUT2D eigenvalue weighted by Crippen LogP contribution is -2.42. The number of aromatic nitrogens is 3. The Hall–Kier alpha value is -1.47. The molecule has 1 aliphatic rings. The summed E-state index contributed by atoms with van der Waals surface area (Å²) in [5.41, 5.74) is 0. The van der Waals surface area contributed by atoms with E-state index in [1.54, 1.807) is 17.9 Å². The van der Waals surface area contributed by atoms with Crippen molar-refractivity contribution in [2.75, 3.05) is 39.4 Å². The molecule has 2 rings (SSSR count). The average Bonchev–Trinajstić information content (AvgIpc) is 2.93. The Bertz CT molecular complexity index is 362. The number of carbonyl (C=O) groups is 1. The fourth-order valence-corrected chi connectivity index (χ4v) is 1.85. The Kier molecular flexibility index (Phi) is 4.66. The van der Waals surface area contributed by atoms with E-state index in [-0.39, 0.29) is 11.9 Å². The predicted molar refractivity (Wildman–Crippen MR) is 65.0 cm³/mol. The van der Waals surface area contributed by atoms with E-state index in [9.17, 15) is 4.79 Å². The first-order valence-corrected chi connectivity index (χ1v) is 6.19. The zero-order valence-electron chi connectivity index (χ0n) is 10.6. The highest BCUT2D eigenvalue weighted by Gasteiger charge is 2.15. The van der Waals surface area contributed by atoms with E-state index < -0.39 is 0 Å². The number of nitrogens with one attached hydrogen (secondary N) is 1. The van der Waals surface area contributed by atoms with Crippen LogP contribution in [-0.2, 0) is 9.53 Å². The molecule has 0 aromatic carbocycles. The third kappa shape index (κ3) is 3.51. The molecule has 0 bridgehead atoms. The minimum absolute atomic E-state index is 0.0336. The summed E-state index contributed by atoms with van der Waals surface area (Å²) in [6.07, 6.45) is 2.98. The van der Waals surface area contributed by atoms with Crippen LogP contribution in [0.4, 0.5) is 0 Å². The van der Waals surface area contributed by atoms with Gasteiger partial charge < -0.3 is 10.1 Å². The SMILES string of the molecule is C[C@H](C(=O)NCCN1CCOCC1)n1cncn1. The van der Waals surface area contributed by atoms with E-state index in [1.807, 2.05) is 0 Å². The van der Waals surface area contributed by atoms with Gasteiger partial charge in [0, 0.05) is 26.2 Å².